The number of nitrogens with one attached hydrogen (secondary N) is 3. The van der Waals surface area contributed by atoms with Gasteiger partial charge in [0.05, 0.1) is 24.5 Å². The second-order valence-electron chi connectivity index (χ2n) is 10.4. The summed E-state index contributed by atoms with van der Waals surface area (Å²) >= 11 is 6.26. The summed E-state index contributed by atoms with van der Waals surface area (Å²) in [5, 5.41) is 27.6. The number of aromatic hydroxyl groups is 1. The molecule has 0 aliphatic carbocycles. The van der Waals surface area contributed by atoms with E-state index in [1.807, 2.05) is 63.2 Å². The van der Waals surface area contributed by atoms with E-state index in [1.165, 1.54) is 12.1 Å². The summed E-state index contributed by atoms with van der Waals surface area (Å²) in [5.74, 6) is -0.317. The number of sulfonamides is 1. The van der Waals surface area contributed by atoms with E-state index in [0.717, 1.165) is 28.5 Å². The van der Waals surface area contributed by atoms with Crippen molar-refractivity contribution in [2.45, 2.75) is 51.8 Å². The molecule has 39 heavy (non-hydrogen) atoms. The Hall–Kier alpha value is -3.11. The number of phenolic OH excluding ortho intramolecular Hbond substituents is 1. The number of benzene rings is 3. The van der Waals surface area contributed by atoms with E-state index in [0.29, 0.717) is 23.6 Å². The van der Waals surface area contributed by atoms with Gasteiger partial charge in [0.25, 0.3) is 0 Å². The fourth-order valence-electron chi connectivity index (χ4n) is 4.28. The lowest BCUT2D eigenvalue weighted by Gasteiger charge is -2.28. The Bertz CT molecular complexity index is 1410. The van der Waals surface area contributed by atoms with Crippen LogP contribution in [0.5, 0.6) is 5.75 Å². The minimum atomic E-state index is -3.58. The van der Waals surface area contributed by atoms with Gasteiger partial charge in [0, 0.05) is 23.7 Å². The van der Waals surface area contributed by atoms with E-state index in [2.05, 4.69) is 15.4 Å². The third kappa shape index (κ3) is 9.54. The molecule has 0 radical (unpaired) electrons. The maximum Gasteiger partial charge on any atom is 0.229 e. The lowest BCUT2D eigenvalue weighted by Crippen LogP contribution is -2.43. The molecular formula is C29H36ClN3O5S. The first-order valence-corrected chi connectivity index (χ1v) is 14.8. The van der Waals surface area contributed by atoms with Gasteiger partial charge in [0.15, 0.2) is 0 Å². The van der Waals surface area contributed by atoms with E-state index < -0.39 is 21.7 Å². The first kappa shape index (κ1) is 30.4. The van der Waals surface area contributed by atoms with E-state index in [-0.39, 0.29) is 30.3 Å². The molecule has 10 heteroatoms. The fourth-order valence-corrected chi connectivity index (χ4v) is 5.13. The summed E-state index contributed by atoms with van der Waals surface area (Å²) in [5.41, 5.74) is 3.95. The number of anilines is 1. The Labute approximate surface area is 235 Å². The van der Waals surface area contributed by atoms with Gasteiger partial charge in [-0.1, -0.05) is 54.1 Å². The number of rotatable bonds is 12. The standard InChI is InChI=1S/C29H36ClN3O5S/c1-19-7-5-10-24(30)23(19)17-31-28(36)14-20-8-6-9-21(13-20)16-29(2,3)32-18-27(35)22-11-12-26(34)25(15-22)33-39(4,37)38/h5-13,15,27,32-35H,14,16-18H2,1-4H3,(H,31,36)/t27-/m1/s1. The number of hydrogen-bond acceptors (Lipinski definition) is 6. The van der Waals surface area contributed by atoms with Crippen molar-refractivity contribution in [3.05, 3.63) is 93.5 Å². The van der Waals surface area contributed by atoms with Crippen LogP contribution in [-0.2, 0) is 34.2 Å². The summed E-state index contributed by atoms with van der Waals surface area (Å²) in [7, 11) is -3.58. The van der Waals surface area contributed by atoms with Gasteiger partial charge in [-0.15, -0.1) is 0 Å². The van der Waals surface area contributed by atoms with E-state index in [4.69, 9.17) is 11.6 Å². The Kier molecular flexibility index (Phi) is 10.0. The zero-order valence-corrected chi connectivity index (χ0v) is 24.2. The third-order valence-corrected chi connectivity index (χ3v) is 7.24. The van der Waals surface area contributed by atoms with Crippen molar-refractivity contribution in [3.8, 4) is 5.75 Å². The molecule has 210 valence electrons. The molecule has 3 aromatic carbocycles. The largest absolute Gasteiger partial charge is 0.506 e. The molecule has 0 fully saturated rings. The molecule has 5 N–H and O–H groups in total. The van der Waals surface area contributed by atoms with E-state index in [1.54, 1.807) is 6.07 Å². The molecule has 0 aromatic heterocycles. The molecule has 1 atom stereocenters. The van der Waals surface area contributed by atoms with Crippen LogP contribution in [-0.4, -0.2) is 42.9 Å². The number of phenols is 1. The molecule has 0 spiro atoms. The lowest BCUT2D eigenvalue weighted by atomic mass is 9.93. The Balaban J connectivity index is 1.56. The smallest absolute Gasteiger partial charge is 0.229 e. The fraction of sp³-hybridized carbons (Fsp3) is 0.345. The van der Waals surface area contributed by atoms with Crippen molar-refractivity contribution in [2.24, 2.45) is 0 Å². The van der Waals surface area contributed by atoms with Crippen molar-refractivity contribution in [1.82, 2.24) is 10.6 Å². The summed E-state index contributed by atoms with van der Waals surface area (Å²) in [6, 6.07) is 17.8. The van der Waals surface area contributed by atoms with E-state index >= 15 is 0 Å². The third-order valence-electron chi connectivity index (χ3n) is 6.29. The Morgan fingerprint density at radius 2 is 1.74 bits per heavy atom. The Morgan fingerprint density at radius 3 is 2.44 bits per heavy atom. The molecule has 8 nitrogen and oxygen atoms in total. The van der Waals surface area contributed by atoms with Crippen LogP contribution in [0.2, 0.25) is 5.02 Å². The first-order valence-electron chi connectivity index (χ1n) is 12.5. The molecular weight excluding hydrogens is 538 g/mol. The van der Waals surface area contributed by atoms with Crippen LogP contribution in [0, 0.1) is 6.92 Å². The quantitative estimate of drug-likeness (QED) is 0.206. The number of carbonyl (C=O) groups is 1. The monoisotopic (exact) mass is 573 g/mol. The molecule has 3 rings (SSSR count). The van der Waals surface area contributed by atoms with Gasteiger partial charge in [0.2, 0.25) is 15.9 Å². The van der Waals surface area contributed by atoms with Crippen molar-refractivity contribution in [2.75, 3.05) is 17.5 Å². The highest BCUT2D eigenvalue weighted by molar-refractivity contribution is 7.92. The number of amides is 1. The summed E-state index contributed by atoms with van der Waals surface area (Å²) in [6.45, 7) is 6.57. The van der Waals surface area contributed by atoms with Gasteiger partial charge < -0.3 is 20.8 Å². The predicted molar refractivity (Wildman–Crippen MR) is 156 cm³/mol. The molecule has 0 aliphatic rings. The molecule has 0 heterocycles. The maximum absolute atomic E-state index is 12.6. The summed E-state index contributed by atoms with van der Waals surface area (Å²) in [4.78, 5) is 12.6. The van der Waals surface area contributed by atoms with Crippen LogP contribution in [0.25, 0.3) is 0 Å². The molecule has 1 amide bonds. The van der Waals surface area contributed by atoms with Crippen molar-refractivity contribution < 1.29 is 23.4 Å². The SMILES string of the molecule is Cc1cccc(Cl)c1CNC(=O)Cc1cccc(CC(C)(C)NC[C@@H](O)c2ccc(O)c(NS(C)(=O)=O)c2)c1. The van der Waals surface area contributed by atoms with Crippen molar-refractivity contribution in [1.29, 1.82) is 0 Å². The topological polar surface area (TPSA) is 128 Å². The summed E-state index contributed by atoms with van der Waals surface area (Å²) in [6.07, 6.45) is 0.948. The molecule has 0 aliphatic heterocycles. The highest BCUT2D eigenvalue weighted by Crippen LogP contribution is 2.28. The van der Waals surface area contributed by atoms with Gasteiger partial charge in [-0.25, -0.2) is 8.42 Å². The van der Waals surface area contributed by atoms with E-state index in [9.17, 15) is 23.4 Å². The first-order chi connectivity index (χ1) is 18.2. The highest BCUT2D eigenvalue weighted by Gasteiger charge is 2.21. The van der Waals surface area contributed by atoms with Gasteiger partial charge in [0.1, 0.15) is 5.75 Å². The van der Waals surface area contributed by atoms with Crippen LogP contribution in [0.3, 0.4) is 0 Å². The van der Waals surface area contributed by atoms with Gasteiger partial charge in [-0.05, 0) is 73.2 Å². The molecule has 0 saturated heterocycles. The maximum atomic E-state index is 12.6. The van der Waals surface area contributed by atoms with Gasteiger partial charge in [-0.2, -0.15) is 0 Å². The van der Waals surface area contributed by atoms with Crippen LogP contribution in [0.15, 0.2) is 60.7 Å². The number of aliphatic hydroxyl groups excluding tert-OH is 1. The van der Waals surface area contributed by atoms with Crippen molar-refractivity contribution in [3.63, 3.8) is 0 Å². The zero-order valence-electron chi connectivity index (χ0n) is 22.6. The average molecular weight is 574 g/mol. The summed E-state index contributed by atoms with van der Waals surface area (Å²) < 4.78 is 25.3. The Morgan fingerprint density at radius 1 is 1.05 bits per heavy atom. The minimum absolute atomic E-state index is 0.0103. The number of hydrogen-bond donors (Lipinski definition) is 5. The number of halogens is 1. The van der Waals surface area contributed by atoms with Crippen LogP contribution in [0.4, 0.5) is 5.69 Å². The normalized spacial score (nSPS) is 12.7. The van der Waals surface area contributed by atoms with Crippen LogP contribution < -0.4 is 15.4 Å². The zero-order chi connectivity index (χ0) is 28.8. The molecule has 0 saturated carbocycles. The van der Waals surface area contributed by atoms with Crippen LogP contribution in [0.1, 0.15) is 47.8 Å². The number of aryl methyl sites for hydroxylation is 1. The highest BCUT2D eigenvalue weighted by atomic mass is 35.5. The predicted octanol–water partition coefficient (Wildman–Crippen LogP) is 4.23. The van der Waals surface area contributed by atoms with Gasteiger partial charge in [-0.3, -0.25) is 9.52 Å². The average Bonchev–Trinajstić information content (AvgIpc) is 2.83. The molecule has 0 bridgehead atoms. The van der Waals surface area contributed by atoms with Gasteiger partial charge >= 0.3 is 0 Å². The number of aliphatic hydroxyl groups is 1. The number of carbonyl (C=O) groups excluding carboxylic acids is 1. The number of β-amino-alcohol motifs (C(OH)–C–C–N with tert-alkyl or cyclic N) is 1. The molecule has 3 aromatic rings. The second-order valence-corrected chi connectivity index (χ2v) is 12.6. The van der Waals surface area contributed by atoms with Crippen LogP contribution >= 0.6 is 11.6 Å². The van der Waals surface area contributed by atoms with Crippen molar-refractivity contribution >= 4 is 33.2 Å². The second kappa shape index (κ2) is 12.8. The minimum Gasteiger partial charge on any atom is -0.506 e. The molecule has 0 unspecified atom stereocenters. The lowest BCUT2D eigenvalue weighted by molar-refractivity contribution is -0.120.